The van der Waals surface area contributed by atoms with E-state index in [4.69, 9.17) is 37.9 Å². The molecule has 4 aliphatic heterocycles. The zero-order valence-corrected chi connectivity index (χ0v) is 26.0. The molecule has 16 heteroatoms. The highest BCUT2D eigenvalue weighted by Crippen LogP contribution is 2.61. The van der Waals surface area contributed by atoms with E-state index in [2.05, 4.69) is 0 Å². The van der Waals surface area contributed by atoms with Gasteiger partial charge >= 0.3 is 11.9 Å². The van der Waals surface area contributed by atoms with Gasteiger partial charge in [0, 0.05) is 18.9 Å². The lowest BCUT2D eigenvalue weighted by Gasteiger charge is -2.44. The van der Waals surface area contributed by atoms with Crippen molar-refractivity contribution in [2.45, 2.75) is 99.4 Å². The molecule has 1 aliphatic carbocycles. The lowest BCUT2D eigenvalue weighted by molar-refractivity contribution is -0.347. The van der Waals surface area contributed by atoms with Crippen molar-refractivity contribution < 1.29 is 78.1 Å². The average molecular weight is 681 g/mol. The van der Waals surface area contributed by atoms with Gasteiger partial charge in [-0.05, 0) is 24.6 Å². The second kappa shape index (κ2) is 14.1. The van der Waals surface area contributed by atoms with Crippen molar-refractivity contribution in [3.63, 3.8) is 0 Å². The number of carbonyl (C=O) groups is 2. The van der Waals surface area contributed by atoms with Crippen LogP contribution >= 0.6 is 0 Å². The van der Waals surface area contributed by atoms with Crippen LogP contribution in [-0.4, -0.2) is 141 Å². The maximum atomic E-state index is 12.7. The van der Waals surface area contributed by atoms with Crippen LogP contribution in [0, 0.1) is 11.8 Å². The third-order valence-corrected chi connectivity index (χ3v) is 9.41. The molecular formula is C32H40O16. The van der Waals surface area contributed by atoms with Crippen molar-refractivity contribution in [2.75, 3.05) is 13.2 Å². The predicted molar refractivity (Wildman–Crippen MR) is 157 cm³/mol. The highest BCUT2D eigenvalue weighted by Gasteiger charge is 2.77. The smallest absolute Gasteiger partial charge is 0.331 e. The van der Waals surface area contributed by atoms with Gasteiger partial charge in [0.15, 0.2) is 24.8 Å². The van der Waals surface area contributed by atoms with Gasteiger partial charge in [-0.3, -0.25) is 4.79 Å². The number of epoxide rings is 1. The molecule has 0 amide bonds. The van der Waals surface area contributed by atoms with Gasteiger partial charge in [0.05, 0.1) is 37.6 Å². The van der Waals surface area contributed by atoms with Gasteiger partial charge < -0.3 is 68.5 Å². The van der Waals surface area contributed by atoms with Gasteiger partial charge in [-0.15, -0.1) is 0 Å². The number of esters is 2. The Hall–Kier alpha value is -3.00. The van der Waals surface area contributed by atoms with Crippen LogP contribution in [0.15, 0.2) is 48.7 Å². The van der Waals surface area contributed by atoms with Crippen molar-refractivity contribution in [1.82, 2.24) is 0 Å². The molecule has 0 aromatic heterocycles. The first-order valence-corrected chi connectivity index (χ1v) is 15.7. The SMILES string of the molecule is CC(=O)O[C@H]1[C@H](O)[C@H](O[C@H]2C3C=CO[C@@H](O[C@@H]4O[C@H](CO)[C@@H](O)[C@H](O)[C@H]4O)C3[C@@]3(CO)O[C@@H]23)O[C@H](C)[C@@H]1OC(=O)/C=C/c1ccccc1. The van der Waals surface area contributed by atoms with E-state index in [0.717, 1.165) is 12.5 Å². The summed E-state index contributed by atoms with van der Waals surface area (Å²) in [6.45, 7) is 1.57. The fourth-order valence-electron chi connectivity index (χ4n) is 6.96. The number of hydrogen-bond donors (Lipinski definition) is 6. The monoisotopic (exact) mass is 680 g/mol. The molecule has 0 radical (unpaired) electrons. The van der Waals surface area contributed by atoms with E-state index in [9.17, 15) is 40.2 Å². The highest BCUT2D eigenvalue weighted by atomic mass is 16.8. The molecule has 16 nitrogen and oxygen atoms in total. The van der Waals surface area contributed by atoms with Crippen molar-refractivity contribution in [3.8, 4) is 0 Å². The Morgan fingerprint density at radius 3 is 2.29 bits per heavy atom. The molecule has 1 saturated carbocycles. The highest BCUT2D eigenvalue weighted by molar-refractivity contribution is 5.87. The van der Waals surface area contributed by atoms with Crippen LogP contribution in [0.25, 0.3) is 6.08 Å². The molecule has 16 atom stereocenters. The fourth-order valence-corrected chi connectivity index (χ4v) is 6.96. The van der Waals surface area contributed by atoms with Crippen molar-refractivity contribution in [2.24, 2.45) is 11.8 Å². The Labute approximate surface area is 275 Å². The molecule has 264 valence electrons. The van der Waals surface area contributed by atoms with Crippen LogP contribution in [0.2, 0.25) is 0 Å². The van der Waals surface area contributed by atoms with E-state index >= 15 is 0 Å². The van der Waals surface area contributed by atoms with E-state index in [1.54, 1.807) is 31.2 Å². The van der Waals surface area contributed by atoms with Gasteiger partial charge in [-0.2, -0.15) is 0 Å². The van der Waals surface area contributed by atoms with Crippen LogP contribution in [0.5, 0.6) is 0 Å². The van der Waals surface area contributed by atoms with E-state index < -0.39 is 122 Å². The zero-order chi connectivity index (χ0) is 34.3. The summed E-state index contributed by atoms with van der Waals surface area (Å²) >= 11 is 0. The standard InChI is InChI=1S/C32H40O16/c1-14-25(45-19(36)9-8-16-6-4-3-5-7-16)27(43-15(2)35)24(40)31(42-14)46-26-17-10-11-41-29(20(17)32(13-34)28(26)48-32)47-30-23(39)22(38)21(37)18(12-33)44-30/h3-11,14,17-18,20-31,33-34,37-40H,12-13H2,1-2H3/b9-8+/t14-,17?,18-,20?,21-,22+,23-,24+,25+,26+,27+,28+,29+,30+,31+,32-/m1/s1. The van der Waals surface area contributed by atoms with Crippen LogP contribution < -0.4 is 0 Å². The van der Waals surface area contributed by atoms with Gasteiger partial charge in [0.1, 0.15) is 42.2 Å². The minimum absolute atomic E-state index is 0.487. The number of fused-ring (bicyclic) bond motifs is 3. The molecule has 3 saturated heterocycles. The second-order valence-corrected chi connectivity index (χ2v) is 12.4. The van der Waals surface area contributed by atoms with Crippen molar-refractivity contribution in [3.05, 3.63) is 54.3 Å². The summed E-state index contributed by atoms with van der Waals surface area (Å²) in [6, 6.07) is 9.04. The molecule has 0 spiro atoms. The molecule has 0 bridgehead atoms. The fraction of sp³-hybridized carbons (Fsp3) is 0.625. The van der Waals surface area contributed by atoms with E-state index in [1.807, 2.05) is 18.2 Å². The van der Waals surface area contributed by atoms with E-state index in [1.165, 1.54) is 12.3 Å². The van der Waals surface area contributed by atoms with Crippen LogP contribution in [0.1, 0.15) is 19.4 Å². The second-order valence-electron chi connectivity index (χ2n) is 12.4. The third-order valence-electron chi connectivity index (χ3n) is 9.41. The summed E-state index contributed by atoms with van der Waals surface area (Å²) in [5, 5.41) is 62.2. The normalized spacial score (nSPS) is 44.8. The largest absolute Gasteiger partial charge is 0.472 e. The summed E-state index contributed by atoms with van der Waals surface area (Å²) in [7, 11) is 0. The molecule has 2 unspecified atom stereocenters. The number of rotatable bonds is 10. The molecule has 1 aromatic carbocycles. The van der Waals surface area contributed by atoms with Gasteiger partial charge in [-0.25, -0.2) is 4.79 Å². The summed E-state index contributed by atoms with van der Waals surface area (Å²) in [5.74, 6) is -2.82. The number of benzene rings is 1. The minimum atomic E-state index is -1.70. The molecule has 48 heavy (non-hydrogen) atoms. The summed E-state index contributed by atoms with van der Waals surface area (Å²) in [6.07, 6.45) is -11.3. The van der Waals surface area contributed by atoms with E-state index in [0.29, 0.717) is 0 Å². The van der Waals surface area contributed by atoms with Gasteiger partial charge in [0.25, 0.3) is 0 Å². The van der Waals surface area contributed by atoms with Crippen molar-refractivity contribution >= 4 is 18.0 Å². The number of ether oxygens (including phenoxy) is 8. The Bertz CT molecular complexity index is 1350. The zero-order valence-electron chi connectivity index (χ0n) is 26.0. The van der Waals surface area contributed by atoms with Crippen molar-refractivity contribution in [1.29, 1.82) is 0 Å². The predicted octanol–water partition coefficient (Wildman–Crippen LogP) is -1.90. The molecule has 4 heterocycles. The number of carbonyl (C=O) groups excluding carboxylic acids is 2. The van der Waals surface area contributed by atoms with Crippen LogP contribution in [-0.2, 0) is 47.5 Å². The summed E-state index contributed by atoms with van der Waals surface area (Å²) in [5.41, 5.74) is -0.478. The Kier molecular flexibility index (Phi) is 10.2. The van der Waals surface area contributed by atoms with Gasteiger partial charge in [0.2, 0.25) is 6.29 Å². The van der Waals surface area contributed by atoms with Crippen LogP contribution in [0.3, 0.4) is 0 Å². The Balaban J connectivity index is 1.16. The first kappa shape index (κ1) is 34.8. The summed E-state index contributed by atoms with van der Waals surface area (Å²) < 4.78 is 46.2. The number of aliphatic hydroxyl groups excluding tert-OH is 6. The van der Waals surface area contributed by atoms with Gasteiger partial charge in [-0.1, -0.05) is 30.3 Å². The number of hydrogen-bond acceptors (Lipinski definition) is 16. The first-order valence-electron chi connectivity index (χ1n) is 15.7. The Morgan fingerprint density at radius 2 is 1.60 bits per heavy atom. The average Bonchev–Trinajstić information content (AvgIpc) is 3.75. The first-order chi connectivity index (χ1) is 23.0. The quantitative estimate of drug-likeness (QED) is 0.0900. The van der Waals surface area contributed by atoms with Crippen LogP contribution in [0.4, 0.5) is 0 Å². The molecule has 1 aromatic rings. The molecule has 6 N–H and O–H groups in total. The third kappa shape index (κ3) is 6.50. The Morgan fingerprint density at radius 1 is 0.875 bits per heavy atom. The molecular weight excluding hydrogens is 640 g/mol. The van der Waals surface area contributed by atoms with E-state index in [-0.39, 0.29) is 0 Å². The topological polar surface area (TPSA) is 233 Å². The molecule has 4 fully saturated rings. The molecule has 5 aliphatic rings. The minimum Gasteiger partial charge on any atom is -0.472 e. The lowest BCUT2D eigenvalue weighted by atomic mass is 9.85. The maximum Gasteiger partial charge on any atom is 0.331 e. The maximum absolute atomic E-state index is 12.7. The molecule has 6 rings (SSSR count). The number of aliphatic hydroxyl groups is 6. The lowest BCUT2D eigenvalue weighted by Crippen LogP contribution is -2.61. The summed E-state index contributed by atoms with van der Waals surface area (Å²) in [4.78, 5) is 24.8.